The molecule has 1 amide bonds. The van der Waals surface area contributed by atoms with Crippen molar-refractivity contribution in [2.75, 3.05) is 26.7 Å². The number of carbonyl (C=O) groups is 1. The van der Waals surface area contributed by atoms with Crippen molar-refractivity contribution in [3.63, 3.8) is 0 Å². The number of nitrogens with zero attached hydrogens (tertiary/aromatic N) is 2. The molecule has 0 aromatic carbocycles. The molecule has 3 heterocycles. The summed E-state index contributed by atoms with van der Waals surface area (Å²) in [5.41, 5.74) is 1.02. The van der Waals surface area contributed by atoms with Crippen LogP contribution < -0.4 is 0 Å². The van der Waals surface area contributed by atoms with Gasteiger partial charge >= 0.3 is 0 Å². The lowest BCUT2D eigenvalue weighted by molar-refractivity contribution is -0.134. The fraction of sp³-hybridized carbons (Fsp3) is 0.632. The van der Waals surface area contributed by atoms with Crippen LogP contribution in [-0.2, 0) is 16.1 Å². The van der Waals surface area contributed by atoms with Gasteiger partial charge in [0.25, 0.3) is 0 Å². The van der Waals surface area contributed by atoms with E-state index in [1.807, 2.05) is 12.1 Å². The lowest BCUT2D eigenvalue weighted by Gasteiger charge is -2.41. The number of amides is 1. The van der Waals surface area contributed by atoms with Gasteiger partial charge in [0.2, 0.25) is 5.91 Å². The first kappa shape index (κ1) is 15.9. The Morgan fingerprint density at radius 3 is 3.04 bits per heavy atom. The topological polar surface area (TPSA) is 45.9 Å². The zero-order chi connectivity index (χ0) is 16.5. The molecule has 2 aliphatic heterocycles. The Bertz CT molecular complexity index is 610. The van der Waals surface area contributed by atoms with Gasteiger partial charge in [0.1, 0.15) is 5.76 Å². The molecule has 0 saturated carbocycles. The number of methoxy groups -OCH3 is 1. The third-order valence-corrected chi connectivity index (χ3v) is 5.78. The highest BCUT2D eigenvalue weighted by Gasteiger charge is 2.46. The fourth-order valence-corrected chi connectivity index (χ4v) is 4.58. The van der Waals surface area contributed by atoms with E-state index in [9.17, 15) is 4.79 Å². The highest BCUT2D eigenvalue weighted by atomic mass is 16.5. The Morgan fingerprint density at radius 2 is 2.33 bits per heavy atom. The molecule has 130 valence electrons. The van der Waals surface area contributed by atoms with Gasteiger partial charge in [-0.25, -0.2) is 0 Å². The first-order valence-electron chi connectivity index (χ1n) is 9.04. The zero-order valence-corrected chi connectivity index (χ0v) is 14.3. The molecule has 3 atom stereocenters. The summed E-state index contributed by atoms with van der Waals surface area (Å²) in [5, 5.41) is 0. The lowest BCUT2D eigenvalue weighted by atomic mass is 9.88. The minimum Gasteiger partial charge on any atom is -0.468 e. The number of furan rings is 1. The SMILES string of the molecule is CO[C@H]1CCN(C(=O)C2=CCCC2)[C@@H]2CN(Cc3ccco3)C[C@H]12. The van der Waals surface area contributed by atoms with Crippen LogP contribution >= 0.6 is 0 Å². The summed E-state index contributed by atoms with van der Waals surface area (Å²) in [7, 11) is 1.80. The van der Waals surface area contributed by atoms with E-state index in [4.69, 9.17) is 9.15 Å². The molecule has 5 nitrogen and oxygen atoms in total. The zero-order valence-electron chi connectivity index (χ0n) is 14.3. The third kappa shape index (κ3) is 2.91. The molecule has 0 radical (unpaired) electrons. The standard InChI is InChI=1S/C19H26N2O3/c1-23-18-8-9-21(19(22)14-5-2-3-6-14)17-13-20(12-16(17)18)11-15-7-4-10-24-15/h4-5,7,10,16-18H,2-3,6,8-9,11-13H2,1H3/t16-,17+,18-/m0/s1. The number of hydrogen-bond donors (Lipinski definition) is 0. The molecule has 2 fully saturated rings. The van der Waals surface area contributed by atoms with Gasteiger partial charge in [0.15, 0.2) is 0 Å². The first-order valence-corrected chi connectivity index (χ1v) is 9.04. The van der Waals surface area contributed by atoms with Crippen molar-refractivity contribution in [1.29, 1.82) is 0 Å². The van der Waals surface area contributed by atoms with E-state index >= 15 is 0 Å². The summed E-state index contributed by atoms with van der Waals surface area (Å²) in [6, 6.07) is 4.20. The number of rotatable bonds is 4. The van der Waals surface area contributed by atoms with Crippen molar-refractivity contribution in [3.8, 4) is 0 Å². The van der Waals surface area contributed by atoms with Crippen LogP contribution in [0.3, 0.4) is 0 Å². The minimum atomic E-state index is 0.248. The molecular formula is C19H26N2O3. The monoisotopic (exact) mass is 330 g/mol. The summed E-state index contributed by atoms with van der Waals surface area (Å²) in [4.78, 5) is 17.5. The molecule has 0 spiro atoms. The molecule has 1 aromatic heterocycles. The molecule has 0 N–H and O–H groups in total. The number of ether oxygens (including phenoxy) is 1. The molecule has 3 aliphatic rings. The van der Waals surface area contributed by atoms with Gasteiger partial charge in [-0.1, -0.05) is 6.08 Å². The van der Waals surface area contributed by atoms with Gasteiger partial charge in [-0.3, -0.25) is 9.69 Å². The molecule has 1 aromatic rings. The van der Waals surface area contributed by atoms with Gasteiger partial charge in [-0.2, -0.15) is 0 Å². The number of allylic oxidation sites excluding steroid dienone is 1. The Hall–Kier alpha value is -1.59. The van der Waals surface area contributed by atoms with Crippen molar-refractivity contribution in [2.45, 2.75) is 44.4 Å². The maximum atomic E-state index is 12.9. The maximum absolute atomic E-state index is 12.9. The summed E-state index contributed by atoms with van der Waals surface area (Å²) in [6.45, 7) is 3.49. The number of piperidine rings is 1. The molecular weight excluding hydrogens is 304 g/mol. The Balaban J connectivity index is 1.50. The van der Waals surface area contributed by atoms with Crippen LogP contribution in [0.2, 0.25) is 0 Å². The number of carbonyl (C=O) groups excluding carboxylic acids is 1. The highest BCUT2D eigenvalue weighted by Crippen LogP contribution is 2.35. The van der Waals surface area contributed by atoms with Crippen molar-refractivity contribution in [2.24, 2.45) is 5.92 Å². The van der Waals surface area contributed by atoms with Crippen molar-refractivity contribution in [1.82, 2.24) is 9.80 Å². The molecule has 1 aliphatic carbocycles. The van der Waals surface area contributed by atoms with Gasteiger partial charge in [0, 0.05) is 38.2 Å². The predicted molar refractivity (Wildman–Crippen MR) is 90.3 cm³/mol. The second-order valence-electron chi connectivity index (χ2n) is 7.19. The van der Waals surface area contributed by atoms with Crippen LogP contribution in [0.1, 0.15) is 31.4 Å². The van der Waals surface area contributed by atoms with Crippen LogP contribution in [-0.4, -0.2) is 54.6 Å². The Kier molecular flexibility index (Phi) is 4.46. The Morgan fingerprint density at radius 1 is 1.42 bits per heavy atom. The summed E-state index contributed by atoms with van der Waals surface area (Å²) < 4.78 is 11.2. The highest BCUT2D eigenvalue weighted by molar-refractivity contribution is 5.94. The quantitative estimate of drug-likeness (QED) is 0.851. The van der Waals surface area contributed by atoms with Gasteiger partial charge in [-0.05, 0) is 37.8 Å². The van der Waals surface area contributed by atoms with E-state index in [1.54, 1.807) is 13.4 Å². The first-order chi connectivity index (χ1) is 11.8. The number of hydrogen-bond acceptors (Lipinski definition) is 4. The second kappa shape index (κ2) is 6.73. The molecule has 5 heteroatoms. The van der Waals surface area contributed by atoms with Crippen LogP contribution in [0, 0.1) is 5.92 Å². The van der Waals surface area contributed by atoms with E-state index in [0.29, 0.717) is 5.92 Å². The van der Waals surface area contributed by atoms with Gasteiger partial charge in [-0.15, -0.1) is 0 Å². The third-order valence-electron chi connectivity index (χ3n) is 5.78. The normalized spacial score (nSPS) is 30.5. The minimum absolute atomic E-state index is 0.248. The average Bonchev–Trinajstić information content (AvgIpc) is 3.34. The van der Waals surface area contributed by atoms with E-state index in [-0.39, 0.29) is 18.1 Å². The molecule has 4 rings (SSSR count). The predicted octanol–water partition coefficient (Wildman–Crippen LogP) is 2.44. The van der Waals surface area contributed by atoms with E-state index in [2.05, 4.69) is 15.9 Å². The molecule has 0 unspecified atom stereocenters. The van der Waals surface area contributed by atoms with Gasteiger partial charge < -0.3 is 14.1 Å². The maximum Gasteiger partial charge on any atom is 0.249 e. The van der Waals surface area contributed by atoms with Crippen molar-refractivity contribution in [3.05, 3.63) is 35.8 Å². The van der Waals surface area contributed by atoms with Gasteiger partial charge in [0.05, 0.1) is 25.0 Å². The fourth-order valence-electron chi connectivity index (χ4n) is 4.58. The van der Waals surface area contributed by atoms with E-state index < -0.39 is 0 Å². The largest absolute Gasteiger partial charge is 0.468 e. The number of fused-ring (bicyclic) bond motifs is 1. The van der Waals surface area contributed by atoms with Crippen LogP contribution in [0.25, 0.3) is 0 Å². The second-order valence-corrected chi connectivity index (χ2v) is 7.19. The average molecular weight is 330 g/mol. The Labute approximate surface area is 143 Å². The summed E-state index contributed by atoms with van der Waals surface area (Å²) >= 11 is 0. The van der Waals surface area contributed by atoms with Crippen molar-refractivity contribution < 1.29 is 13.9 Å². The van der Waals surface area contributed by atoms with Crippen LogP contribution in [0.4, 0.5) is 0 Å². The van der Waals surface area contributed by atoms with Crippen molar-refractivity contribution >= 4 is 5.91 Å². The lowest BCUT2D eigenvalue weighted by Crippen LogP contribution is -2.53. The van der Waals surface area contributed by atoms with E-state index in [0.717, 1.165) is 63.2 Å². The van der Waals surface area contributed by atoms with E-state index in [1.165, 1.54) is 0 Å². The molecule has 2 saturated heterocycles. The van der Waals surface area contributed by atoms with Crippen LogP contribution in [0.5, 0.6) is 0 Å². The summed E-state index contributed by atoms with van der Waals surface area (Å²) in [6.07, 6.45) is 8.15. The molecule has 0 bridgehead atoms. The summed E-state index contributed by atoms with van der Waals surface area (Å²) in [5.74, 6) is 1.64. The molecule has 24 heavy (non-hydrogen) atoms. The smallest absolute Gasteiger partial charge is 0.249 e. The van der Waals surface area contributed by atoms with Crippen LogP contribution in [0.15, 0.2) is 34.5 Å². The number of likely N-dealkylation sites (tertiary alicyclic amines) is 2.